The summed E-state index contributed by atoms with van der Waals surface area (Å²) in [5.74, 6) is 0.996. The second-order valence-electron chi connectivity index (χ2n) is 8.39. The lowest BCUT2D eigenvalue weighted by Crippen LogP contribution is -2.31. The Morgan fingerprint density at radius 3 is 2.57 bits per heavy atom. The molecule has 0 unspecified atom stereocenters. The van der Waals surface area contributed by atoms with E-state index in [0.717, 1.165) is 31.9 Å². The summed E-state index contributed by atoms with van der Waals surface area (Å²) in [6.07, 6.45) is 1.03. The van der Waals surface area contributed by atoms with Gasteiger partial charge in [-0.3, -0.25) is 0 Å². The average molecular weight is 416 g/mol. The van der Waals surface area contributed by atoms with Gasteiger partial charge in [-0.25, -0.2) is 4.98 Å². The van der Waals surface area contributed by atoms with Crippen molar-refractivity contribution in [3.63, 3.8) is 0 Å². The van der Waals surface area contributed by atoms with Crippen molar-refractivity contribution in [2.24, 2.45) is 0 Å². The molecule has 0 spiro atoms. The number of rotatable bonds is 3. The van der Waals surface area contributed by atoms with E-state index < -0.39 is 0 Å². The number of aryl methyl sites for hydroxylation is 2. The van der Waals surface area contributed by atoms with E-state index in [1.807, 2.05) is 6.07 Å². The summed E-state index contributed by atoms with van der Waals surface area (Å²) < 4.78 is 2.42. The maximum absolute atomic E-state index is 6.51. The van der Waals surface area contributed by atoms with E-state index in [9.17, 15) is 0 Å². The molecule has 1 aliphatic rings. The van der Waals surface area contributed by atoms with E-state index in [2.05, 4.69) is 78.8 Å². The van der Waals surface area contributed by atoms with Crippen molar-refractivity contribution in [2.45, 2.75) is 40.3 Å². The lowest BCUT2D eigenvalue weighted by molar-refractivity contribution is 0.717. The third-order valence-electron chi connectivity index (χ3n) is 6.42. The van der Waals surface area contributed by atoms with Crippen molar-refractivity contribution in [1.82, 2.24) is 9.55 Å². The van der Waals surface area contributed by atoms with Crippen LogP contribution in [0.4, 0.5) is 5.82 Å². The summed E-state index contributed by atoms with van der Waals surface area (Å²) in [7, 11) is 0. The number of benzene rings is 2. The first kappa shape index (κ1) is 19.2. The fraction of sp³-hybridized carbons (Fsp3) is 0.269. The number of hydrogen-bond acceptors (Lipinski definition) is 2. The molecule has 4 heteroatoms. The number of aromatic nitrogens is 2. The van der Waals surface area contributed by atoms with Gasteiger partial charge in [-0.2, -0.15) is 0 Å². The maximum atomic E-state index is 6.51. The van der Waals surface area contributed by atoms with E-state index in [4.69, 9.17) is 16.6 Å². The normalized spacial score (nSPS) is 13.7. The van der Waals surface area contributed by atoms with E-state index >= 15 is 0 Å². The molecule has 3 heterocycles. The van der Waals surface area contributed by atoms with Crippen LogP contribution in [0.2, 0.25) is 5.15 Å². The van der Waals surface area contributed by atoms with Crippen LogP contribution in [0.15, 0.2) is 54.6 Å². The smallest absolute Gasteiger partial charge is 0.155 e. The molecule has 0 bridgehead atoms. The molecular formula is C26H26ClN3. The highest BCUT2D eigenvalue weighted by Gasteiger charge is 2.24. The Morgan fingerprint density at radius 2 is 1.77 bits per heavy atom. The molecule has 0 atom stereocenters. The zero-order valence-electron chi connectivity index (χ0n) is 17.7. The molecule has 0 radical (unpaired) electrons. The molecule has 0 saturated heterocycles. The zero-order valence-corrected chi connectivity index (χ0v) is 18.5. The molecule has 5 rings (SSSR count). The Morgan fingerprint density at radius 1 is 0.967 bits per heavy atom. The summed E-state index contributed by atoms with van der Waals surface area (Å²) >= 11 is 6.51. The SMILES string of the molecule is Cc1cccc(Cn2c(C)c(C)c3cc(Cl)nc(N4CCc5ccccc5C4)c32)c1. The van der Waals surface area contributed by atoms with Gasteiger partial charge >= 0.3 is 0 Å². The molecule has 30 heavy (non-hydrogen) atoms. The highest BCUT2D eigenvalue weighted by Crippen LogP contribution is 2.36. The van der Waals surface area contributed by atoms with Gasteiger partial charge in [0.25, 0.3) is 0 Å². The van der Waals surface area contributed by atoms with Crippen LogP contribution in [-0.4, -0.2) is 16.1 Å². The first-order chi connectivity index (χ1) is 14.5. The summed E-state index contributed by atoms with van der Waals surface area (Å²) in [6, 6.07) is 19.5. The lowest BCUT2D eigenvalue weighted by atomic mass is 10.00. The quantitative estimate of drug-likeness (QED) is 0.370. The Bertz CT molecular complexity index is 1250. The molecule has 4 aromatic rings. The van der Waals surface area contributed by atoms with Gasteiger partial charge in [-0.1, -0.05) is 65.7 Å². The molecule has 3 nitrogen and oxygen atoms in total. The van der Waals surface area contributed by atoms with Crippen LogP contribution < -0.4 is 4.90 Å². The van der Waals surface area contributed by atoms with Gasteiger partial charge in [0.2, 0.25) is 0 Å². The first-order valence-electron chi connectivity index (χ1n) is 10.5. The molecule has 152 valence electrons. The van der Waals surface area contributed by atoms with E-state index in [1.54, 1.807) is 0 Å². The third-order valence-corrected chi connectivity index (χ3v) is 6.61. The summed E-state index contributed by atoms with van der Waals surface area (Å²) in [5.41, 5.74) is 9.15. The van der Waals surface area contributed by atoms with Crippen LogP contribution in [0, 0.1) is 20.8 Å². The van der Waals surface area contributed by atoms with Crippen molar-refractivity contribution in [3.05, 3.63) is 93.3 Å². The number of hydrogen-bond donors (Lipinski definition) is 0. The molecule has 1 aliphatic heterocycles. The molecular weight excluding hydrogens is 390 g/mol. The van der Waals surface area contributed by atoms with Gasteiger partial charge in [0.1, 0.15) is 5.15 Å². The van der Waals surface area contributed by atoms with Gasteiger partial charge in [-0.05, 0) is 55.5 Å². The van der Waals surface area contributed by atoms with Gasteiger partial charge in [0, 0.05) is 30.7 Å². The standard InChI is InChI=1S/C26H26ClN3/c1-17-7-6-8-20(13-17)15-30-19(3)18(2)23-14-24(27)28-26(25(23)30)29-12-11-21-9-4-5-10-22(21)16-29/h4-10,13-14H,11-12,15-16H2,1-3H3. The van der Waals surface area contributed by atoms with E-state index in [-0.39, 0.29) is 0 Å². The minimum Gasteiger partial charge on any atom is -0.350 e. The molecule has 0 fully saturated rings. The highest BCUT2D eigenvalue weighted by molar-refractivity contribution is 6.30. The van der Waals surface area contributed by atoms with E-state index in [1.165, 1.54) is 44.4 Å². The van der Waals surface area contributed by atoms with Crippen LogP contribution in [0.25, 0.3) is 10.9 Å². The highest BCUT2D eigenvalue weighted by atomic mass is 35.5. The van der Waals surface area contributed by atoms with Crippen molar-refractivity contribution in [2.75, 3.05) is 11.4 Å². The molecule has 0 aliphatic carbocycles. The molecule has 0 saturated carbocycles. The summed E-state index contributed by atoms with van der Waals surface area (Å²) in [6.45, 7) is 9.19. The fourth-order valence-corrected chi connectivity index (χ4v) is 4.89. The van der Waals surface area contributed by atoms with Crippen LogP contribution in [0.1, 0.15) is 33.5 Å². The maximum Gasteiger partial charge on any atom is 0.155 e. The Balaban J connectivity index is 1.66. The van der Waals surface area contributed by atoms with Crippen LogP contribution in [0.3, 0.4) is 0 Å². The van der Waals surface area contributed by atoms with Gasteiger partial charge in [0.05, 0.1) is 5.52 Å². The molecule has 0 amide bonds. The minimum absolute atomic E-state index is 0.562. The molecule has 2 aromatic carbocycles. The van der Waals surface area contributed by atoms with Crippen LogP contribution >= 0.6 is 11.6 Å². The van der Waals surface area contributed by atoms with E-state index in [0.29, 0.717) is 5.15 Å². The Kier molecular flexibility index (Phi) is 4.79. The molecule has 2 aromatic heterocycles. The van der Waals surface area contributed by atoms with Crippen molar-refractivity contribution >= 4 is 28.3 Å². The summed E-state index contributed by atoms with van der Waals surface area (Å²) in [5, 5.41) is 1.76. The number of nitrogens with zero attached hydrogens (tertiary/aromatic N) is 3. The van der Waals surface area contributed by atoms with Crippen LogP contribution in [-0.2, 0) is 19.5 Å². The van der Waals surface area contributed by atoms with Gasteiger partial charge in [0.15, 0.2) is 5.82 Å². The van der Waals surface area contributed by atoms with Crippen LogP contribution in [0.5, 0.6) is 0 Å². The Labute approximate surface area is 182 Å². The number of pyridine rings is 1. The fourth-order valence-electron chi connectivity index (χ4n) is 4.70. The average Bonchev–Trinajstić information content (AvgIpc) is 2.98. The number of fused-ring (bicyclic) bond motifs is 2. The largest absolute Gasteiger partial charge is 0.350 e. The minimum atomic E-state index is 0.562. The monoisotopic (exact) mass is 415 g/mol. The predicted molar refractivity (Wildman–Crippen MR) is 126 cm³/mol. The Hall–Kier alpha value is -2.78. The zero-order chi connectivity index (χ0) is 20.8. The molecule has 0 N–H and O–H groups in total. The first-order valence-corrected chi connectivity index (χ1v) is 10.9. The van der Waals surface area contributed by atoms with Crippen molar-refractivity contribution in [3.8, 4) is 0 Å². The van der Waals surface area contributed by atoms with Gasteiger partial charge in [-0.15, -0.1) is 0 Å². The van der Waals surface area contributed by atoms with Crippen molar-refractivity contribution in [1.29, 1.82) is 0 Å². The van der Waals surface area contributed by atoms with Gasteiger partial charge < -0.3 is 9.47 Å². The second kappa shape index (κ2) is 7.48. The second-order valence-corrected chi connectivity index (χ2v) is 8.78. The topological polar surface area (TPSA) is 21.1 Å². The third kappa shape index (κ3) is 3.27. The number of halogens is 1. The number of anilines is 1. The summed E-state index contributed by atoms with van der Waals surface area (Å²) in [4.78, 5) is 7.23. The predicted octanol–water partition coefficient (Wildman–Crippen LogP) is 6.23. The van der Waals surface area contributed by atoms with Crippen molar-refractivity contribution < 1.29 is 0 Å². The lowest BCUT2D eigenvalue weighted by Gasteiger charge is -2.30.